The summed E-state index contributed by atoms with van der Waals surface area (Å²) in [6, 6.07) is 10.4. The molecule has 0 radical (unpaired) electrons. The number of sulfonamides is 1. The summed E-state index contributed by atoms with van der Waals surface area (Å²) in [7, 11) is -2.24. The van der Waals surface area contributed by atoms with E-state index in [1.165, 1.54) is 17.5 Å². The number of hydrogen-bond donors (Lipinski definition) is 1. The number of benzene rings is 2. The zero-order valence-electron chi connectivity index (χ0n) is 17.3. The topological polar surface area (TPSA) is 75.7 Å². The maximum Gasteiger partial charge on any atom is 0.246 e. The summed E-state index contributed by atoms with van der Waals surface area (Å²) >= 11 is 6.14. The SMILES string of the molecule is COc1ccc(NC(=O)CCc2ccc(C)c(Cl)c2)cc1S(=O)(=O)N1CCCCC1. The fourth-order valence-corrected chi connectivity index (χ4v) is 5.38. The lowest BCUT2D eigenvalue weighted by Gasteiger charge is -2.26. The Bertz CT molecular complexity index is 1020. The zero-order chi connectivity index (χ0) is 21.7. The molecule has 1 amide bonds. The number of aryl methyl sites for hydroxylation is 2. The van der Waals surface area contributed by atoms with E-state index in [4.69, 9.17) is 16.3 Å². The minimum Gasteiger partial charge on any atom is -0.495 e. The molecule has 0 atom stereocenters. The maximum absolute atomic E-state index is 13.1. The van der Waals surface area contributed by atoms with Gasteiger partial charge in [0.2, 0.25) is 15.9 Å². The van der Waals surface area contributed by atoms with Crippen molar-refractivity contribution in [3.05, 3.63) is 52.5 Å². The van der Waals surface area contributed by atoms with Crippen molar-refractivity contribution >= 4 is 33.2 Å². The van der Waals surface area contributed by atoms with Crippen molar-refractivity contribution in [2.45, 2.75) is 43.9 Å². The maximum atomic E-state index is 13.1. The monoisotopic (exact) mass is 450 g/mol. The molecule has 8 heteroatoms. The van der Waals surface area contributed by atoms with E-state index in [0.717, 1.165) is 30.4 Å². The number of methoxy groups -OCH3 is 1. The molecule has 6 nitrogen and oxygen atoms in total. The quantitative estimate of drug-likeness (QED) is 0.678. The molecule has 1 heterocycles. The van der Waals surface area contributed by atoms with Gasteiger partial charge in [-0.3, -0.25) is 4.79 Å². The Kier molecular flexibility index (Phi) is 7.39. The number of nitrogens with zero attached hydrogens (tertiary/aromatic N) is 1. The molecule has 162 valence electrons. The van der Waals surface area contributed by atoms with Crippen molar-refractivity contribution in [2.24, 2.45) is 0 Å². The molecule has 1 aliphatic rings. The Balaban J connectivity index is 1.72. The lowest BCUT2D eigenvalue weighted by Crippen LogP contribution is -2.35. The first-order valence-electron chi connectivity index (χ1n) is 10.0. The highest BCUT2D eigenvalue weighted by Crippen LogP contribution is 2.31. The van der Waals surface area contributed by atoms with Gasteiger partial charge in [0, 0.05) is 30.2 Å². The molecule has 0 aliphatic carbocycles. The zero-order valence-corrected chi connectivity index (χ0v) is 18.9. The van der Waals surface area contributed by atoms with Crippen molar-refractivity contribution in [3.8, 4) is 5.75 Å². The molecule has 0 aromatic heterocycles. The largest absolute Gasteiger partial charge is 0.495 e. The summed E-state index contributed by atoms with van der Waals surface area (Å²) in [6.07, 6.45) is 3.54. The van der Waals surface area contributed by atoms with Crippen LogP contribution in [0.2, 0.25) is 5.02 Å². The van der Waals surface area contributed by atoms with Gasteiger partial charge in [0.05, 0.1) is 7.11 Å². The number of ether oxygens (including phenoxy) is 1. The first kappa shape index (κ1) is 22.6. The van der Waals surface area contributed by atoms with Crippen molar-refractivity contribution in [3.63, 3.8) is 0 Å². The second-order valence-corrected chi connectivity index (χ2v) is 9.78. The normalized spacial score (nSPS) is 15.0. The first-order chi connectivity index (χ1) is 14.3. The number of anilines is 1. The molecule has 2 aromatic rings. The standard InChI is InChI=1S/C22H27ClN2O4S/c1-16-6-7-17(14-19(16)23)8-11-22(26)24-18-9-10-20(29-2)21(15-18)30(27,28)25-12-4-3-5-13-25/h6-7,9-10,14-15H,3-5,8,11-13H2,1-2H3,(H,24,26). The van der Waals surface area contributed by atoms with E-state index in [0.29, 0.717) is 30.2 Å². The van der Waals surface area contributed by atoms with Crippen LogP contribution in [0.5, 0.6) is 5.75 Å². The predicted molar refractivity (Wildman–Crippen MR) is 119 cm³/mol. The summed E-state index contributed by atoms with van der Waals surface area (Å²) in [5.41, 5.74) is 2.40. The van der Waals surface area contributed by atoms with Gasteiger partial charge >= 0.3 is 0 Å². The van der Waals surface area contributed by atoms with E-state index in [9.17, 15) is 13.2 Å². The Morgan fingerprint density at radius 2 is 1.87 bits per heavy atom. The van der Waals surface area contributed by atoms with Crippen LogP contribution in [0.3, 0.4) is 0 Å². The highest BCUT2D eigenvalue weighted by molar-refractivity contribution is 7.89. The smallest absolute Gasteiger partial charge is 0.246 e. The van der Waals surface area contributed by atoms with Crippen molar-refractivity contribution in [1.82, 2.24) is 4.31 Å². The molecule has 2 aromatic carbocycles. The van der Waals surface area contributed by atoms with Crippen LogP contribution in [0.15, 0.2) is 41.3 Å². The molecule has 1 saturated heterocycles. The average Bonchev–Trinajstić information content (AvgIpc) is 2.75. The van der Waals surface area contributed by atoms with Gasteiger partial charge in [-0.1, -0.05) is 30.2 Å². The van der Waals surface area contributed by atoms with Crippen molar-refractivity contribution in [2.75, 3.05) is 25.5 Å². The molecule has 1 fully saturated rings. The minimum absolute atomic E-state index is 0.0787. The molecule has 30 heavy (non-hydrogen) atoms. The Morgan fingerprint density at radius 1 is 1.13 bits per heavy atom. The third-order valence-electron chi connectivity index (χ3n) is 5.26. The predicted octanol–water partition coefficient (Wildman–Crippen LogP) is 4.40. The van der Waals surface area contributed by atoms with E-state index >= 15 is 0 Å². The number of carbonyl (C=O) groups excluding carboxylic acids is 1. The summed E-state index contributed by atoms with van der Waals surface area (Å²) in [6.45, 7) is 2.93. The second kappa shape index (κ2) is 9.81. The van der Waals surface area contributed by atoms with Gasteiger partial charge in [0.15, 0.2) is 0 Å². The Labute approximate surface area is 183 Å². The number of nitrogens with one attached hydrogen (secondary N) is 1. The number of carbonyl (C=O) groups is 1. The van der Waals surface area contributed by atoms with Crippen molar-refractivity contribution in [1.29, 1.82) is 0 Å². The molecule has 1 N–H and O–H groups in total. The number of halogens is 1. The van der Waals surface area contributed by atoms with Crippen molar-refractivity contribution < 1.29 is 17.9 Å². The second-order valence-electron chi connectivity index (χ2n) is 7.46. The van der Waals surface area contributed by atoms with Gasteiger partial charge in [-0.2, -0.15) is 4.31 Å². The number of amides is 1. The van der Waals surface area contributed by atoms with Gasteiger partial charge in [-0.15, -0.1) is 0 Å². The van der Waals surface area contributed by atoms with Crippen LogP contribution in [-0.4, -0.2) is 38.8 Å². The van der Waals surface area contributed by atoms with Gasteiger partial charge in [-0.05, 0) is 61.6 Å². The Hall–Kier alpha value is -2.09. The first-order valence-corrected chi connectivity index (χ1v) is 11.9. The summed E-state index contributed by atoms with van der Waals surface area (Å²) in [4.78, 5) is 12.5. The van der Waals surface area contributed by atoms with E-state index in [1.807, 2.05) is 25.1 Å². The van der Waals surface area contributed by atoms with E-state index in [1.54, 1.807) is 12.1 Å². The molecule has 3 rings (SSSR count). The van der Waals surface area contributed by atoms with Crippen LogP contribution in [0.1, 0.15) is 36.8 Å². The lowest BCUT2D eigenvalue weighted by atomic mass is 10.1. The highest BCUT2D eigenvalue weighted by Gasteiger charge is 2.29. The summed E-state index contributed by atoms with van der Waals surface area (Å²) in [5, 5.41) is 3.47. The highest BCUT2D eigenvalue weighted by atomic mass is 35.5. The van der Waals surface area contributed by atoms with Crippen LogP contribution >= 0.6 is 11.6 Å². The Morgan fingerprint density at radius 3 is 2.53 bits per heavy atom. The fourth-order valence-electron chi connectivity index (χ4n) is 3.47. The fraction of sp³-hybridized carbons (Fsp3) is 0.409. The third kappa shape index (κ3) is 5.33. The van der Waals surface area contributed by atoms with Gasteiger partial charge < -0.3 is 10.1 Å². The molecule has 0 saturated carbocycles. The number of rotatable bonds is 7. The summed E-state index contributed by atoms with van der Waals surface area (Å²) < 4.78 is 33.0. The molecule has 0 spiro atoms. The minimum atomic E-state index is -3.68. The van der Waals surface area contributed by atoms with E-state index in [2.05, 4.69) is 5.32 Å². The van der Waals surface area contributed by atoms with Crippen LogP contribution in [0, 0.1) is 6.92 Å². The van der Waals surface area contributed by atoms with Gasteiger partial charge in [-0.25, -0.2) is 8.42 Å². The van der Waals surface area contributed by atoms with Crippen LogP contribution < -0.4 is 10.1 Å². The van der Waals surface area contributed by atoms with E-state index in [-0.39, 0.29) is 23.0 Å². The van der Waals surface area contributed by atoms with E-state index < -0.39 is 10.0 Å². The van der Waals surface area contributed by atoms with Gasteiger partial charge in [0.1, 0.15) is 10.6 Å². The van der Waals surface area contributed by atoms with Gasteiger partial charge in [0.25, 0.3) is 0 Å². The average molecular weight is 451 g/mol. The summed E-state index contributed by atoms with van der Waals surface area (Å²) in [5.74, 6) is 0.0751. The molecular weight excluding hydrogens is 424 g/mol. The van der Waals surface area contributed by atoms with Crippen LogP contribution in [-0.2, 0) is 21.2 Å². The molecule has 0 bridgehead atoms. The van der Waals surface area contributed by atoms with Crippen LogP contribution in [0.25, 0.3) is 0 Å². The third-order valence-corrected chi connectivity index (χ3v) is 7.58. The lowest BCUT2D eigenvalue weighted by molar-refractivity contribution is -0.116. The number of piperidine rings is 1. The molecular formula is C22H27ClN2O4S. The molecule has 0 unspecified atom stereocenters. The molecule has 1 aliphatic heterocycles. The number of hydrogen-bond acceptors (Lipinski definition) is 4. The van der Waals surface area contributed by atoms with Crippen LogP contribution in [0.4, 0.5) is 5.69 Å².